The fourth-order valence-electron chi connectivity index (χ4n) is 2.39. The molecule has 0 fully saturated rings. The van der Waals surface area contributed by atoms with Crippen molar-refractivity contribution in [2.75, 3.05) is 0 Å². The SMILES string of the molecule is Cc1cccc(-n2ccnc(SCc3ccccc3C)c2=O)c1. The number of hydrogen-bond donors (Lipinski definition) is 0. The highest BCUT2D eigenvalue weighted by Gasteiger charge is 2.08. The summed E-state index contributed by atoms with van der Waals surface area (Å²) in [6.07, 6.45) is 3.40. The Bertz CT molecular complexity index is 886. The Balaban J connectivity index is 1.89. The van der Waals surface area contributed by atoms with Gasteiger partial charge in [0.05, 0.1) is 0 Å². The molecule has 0 radical (unpaired) electrons. The van der Waals surface area contributed by atoms with Gasteiger partial charge in [-0.1, -0.05) is 48.2 Å². The van der Waals surface area contributed by atoms with Crippen molar-refractivity contribution in [2.45, 2.75) is 24.6 Å². The van der Waals surface area contributed by atoms with E-state index >= 15 is 0 Å². The number of aromatic nitrogens is 2. The molecule has 0 spiro atoms. The topological polar surface area (TPSA) is 34.9 Å². The minimum absolute atomic E-state index is 0.0725. The van der Waals surface area contributed by atoms with Gasteiger partial charge in [-0.25, -0.2) is 4.98 Å². The van der Waals surface area contributed by atoms with Gasteiger partial charge in [0.15, 0.2) is 5.03 Å². The molecule has 0 saturated carbocycles. The highest BCUT2D eigenvalue weighted by atomic mass is 32.2. The molecule has 3 rings (SSSR count). The molecule has 0 unspecified atom stereocenters. The van der Waals surface area contributed by atoms with E-state index in [4.69, 9.17) is 0 Å². The molecule has 0 bridgehead atoms. The predicted molar refractivity (Wildman–Crippen MR) is 95.3 cm³/mol. The number of aryl methyl sites for hydroxylation is 2. The van der Waals surface area contributed by atoms with Gasteiger partial charge >= 0.3 is 0 Å². The first kappa shape index (κ1) is 15.6. The Hall–Kier alpha value is -2.33. The van der Waals surface area contributed by atoms with E-state index in [0.717, 1.165) is 17.0 Å². The van der Waals surface area contributed by atoms with E-state index in [1.54, 1.807) is 17.0 Å². The maximum Gasteiger partial charge on any atom is 0.287 e. The standard InChI is InChI=1S/C19H18N2OS/c1-14-6-5-9-17(12-14)21-11-10-20-18(19(21)22)23-13-16-8-4-3-7-15(16)2/h3-12H,13H2,1-2H3. The number of nitrogens with zero attached hydrogens (tertiary/aromatic N) is 2. The lowest BCUT2D eigenvalue weighted by atomic mass is 10.1. The highest BCUT2D eigenvalue weighted by molar-refractivity contribution is 7.98. The Kier molecular flexibility index (Phi) is 4.63. The van der Waals surface area contributed by atoms with E-state index in [1.165, 1.54) is 22.9 Å². The third-order valence-electron chi connectivity index (χ3n) is 3.71. The minimum Gasteiger partial charge on any atom is -0.280 e. The van der Waals surface area contributed by atoms with Crippen LogP contribution in [0, 0.1) is 13.8 Å². The summed E-state index contributed by atoms with van der Waals surface area (Å²) in [5.41, 5.74) is 4.38. The van der Waals surface area contributed by atoms with Crippen LogP contribution in [0.1, 0.15) is 16.7 Å². The molecule has 2 aromatic carbocycles. The normalized spacial score (nSPS) is 10.7. The summed E-state index contributed by atoms with van der Waals surface area (Å²) in [6.45, 7) is 4.10. The average Bonchev–Trinajstić information content (AvgIpc) is 2.55. The van der Waals surface area contributed by atoms with Crippen molar-refractivity contribution in [1.82, 2.24) is 9.55 Å². The Morgan fingerprint density at radius 2 is 1.91 bits per heavy atom. The van der Waals surface area contributed by atoms with Crippen LogP contribution in [0.25, 0.3) is 5.69 Å². The summed E-state index contributed by atoms with van der Waals surface area (Å²) in [7, 11) is 0. The Labute approximate surface area is 140 Å². The smallest absolute Gasteiger partial charge is 0.280 e. The minimum atomic E-state index is -0.0725. The molecule has 1 aromatic heterocycles. The molecule has 0 atom stereocenters. The second kappa shape index (κ2) is 6.84. The molecule has 0 aliphatic rings. The second-order valence-electron chi connectivity index (χ2n) is 5.46. The first-order valence-corrected chi connectivity index (χ1v) is 8.46. The maximum atomic E-state index is 12.7. The van der Waals surface area contributed by atoms with Crippen molar-refractivity contribution in [2.24, 2.45) is 0 Å². The van der Waals surface area contributed by atoms with Crippen LogP contribution in [0.2, 0.25) is 0 Å². The van der Waals surface area contributed by atoms with Crippen LogP contribution < -0.4 is 5.56 Å². The van der Waals surface area contributed by atoms with E-state index < -0.39 is 0 Å². The summed E-state index contributed by atoms with van der Waals surface area (Å²) >= 11 is 1.48. The van der Waals surface area contributed by atoms with Gasteiger partial charge in [0.25, 0.3) is 5.56 Å². The van der Waals surface area contributed by atoms with Crippen LogP contribution in [0.5, 0.6) is 0 Å². The van der Waals surface area contributed by atoms with Crippen LogP contribution in [0.3, 0.4) is 0 Å². The summed E-state index contributed by atoms with van der Waals surface area (Å²) < 4.78 is 1.65. The van der Waals surface area contributed by atoms with Gasteiger partial charge in [-0.15, -0.1) is 0 Å². The van der Waals surface area contributed by atoms with Gasteiger partial charge in [-0.3, -0.25) is 9.36 Å². The molecular weight excluding hydrogens is 304 g/mol. The lowest BCUT2D eigenvalue weighted by Gasteiger charge is -2.09. The summed E-state index contributed by atoms with van der Waals surface area (Å²) in [5, 5.41) is 0.525. The van der Waals surface area contributed by atoms with Crippen molar-refractivity contribution in [3.8, 4) is 5.69 Å². The Morgan fingerprint density at radius 1 is 1.09 bits per heavy atom. The maximum absolute atomic E-state index is 12.7. The van der Waals surface area contributed by atoms with E-state index in [-0.39, 0.29) is 5.56 Å². The van der Waals surface area contributed by atoms with E-state index in [1.807, 2.05) is 43.3 Å². The third kappa shape index (κ3) is 3.54. The fraction of sp³-hybridized carbons (Fsp3) is 0.158. The van der Waals surface area contributed by atoms with Crippen LogP contribution in [0.15, 0.2) is 70.7 Å². The first-order chi connectivity index (χ1) is 11.1. The molecule has 4 heteroatoms. The van der Waals surface area contributed by atoms with Crippen LogP contribution in [-0.4, -0.2) is 9.55 Å². The summed E-state index contributed by atoms with van der Waals surface area (Å²) in [4.78, 5) is 16.9. The molecular formula is C19H18N2OS. The Morgan fingerprint density at radius 3 is 2.70 bits per heavy atom. The number of rotatable bonds is 4. The number of benzene rings is 2. The predicted octanol–water partition coefficient (Wildman–Crippen LogP) is 4.14. The molecule has 1 heterocycles. The van der Waals surface area contributed by atoms with Gasteiger partial charge in [0.1, 0.15) is 0 Å². The lowest BCUT2D eigenvalue weighted by Crippen LogP contribution is -2.20. The zero-order chi connectivity index (χ0) is 16.2. The fourth-order valence-corrected chi connectivity index (χ4v) is 3.37. The molecule has 0 N–H and O–H groups in total. The van der Waals surface area contributed by atoms with E-state index in [2.05, 4.69) is 24.0 Å². The largest absolute Gasteiger partial charge is 0.287 e. The van der Waals surface area contributed by atoms with Crippen LogP contribution >= 0.6 is 11.8 Å². The molecule has 3 aromatic rings. The van der Waals surface area contributed by atoms with Crippen molar-refractivity contribution in [3.05, 3.63) is 88.0 Å². The van der Waals surface area contributed by atoms with Crippen LogP contribution in [0.4, 0.5) is 0 Å². The average molecular weight is 322 g/mol. The van der Waals surface area contributed by atoms with Crippen molar-refractivity contribution in [1.29, 1.82) is 0 Å². The highest BCUT2D eigenvalue weighted by Crippen LogP contribution is 2.20. The lowest BCUT2D eigenvalue weighted by molar-refractivity contribution is 0.881. The molecule has 23 heavy (non-hydrogen) atoms. The first-order valence-electron chi connectivity index (χ1n) is 7.47. The van der Waals surface area contributed by atoms with Gasteiger partial charge in [0, 0.05) is 23.8 Å². The number of hydrogen-bond acceptors (Lipinski definition) is 3. The van der Waals surface area contributed by atoms with Gasteiger partial charge in [0.2, 0.25) is 0 Å². The molecule has 3 nitrogen and oxygen atoms in total. The zero-order valence-corrected chi connectivity index (χ0v) is 14.0. The monoisotopic (exact) mass is 322 g/mol. The second-order valence-corrected chi connectivity index (χ2v) is 6.43. The van der Waals surface area contributed by atoms with E-state index in [9.17, 15) is 4.79 Å². The third-order valence-corrected chi connectivity index (χ3v) is 4.72. The van der Waals surface area contributed by atoms with Gasteiger partial charge in [-0.2, -0.15) is 0 Å². The quantitative estimate of drug-likeness (QED) is 0.677. The van der Waals surface area contributed by atoms with Crippen molar-refractivity contribution >= 4 is 11.8 Å². The van der Waals surface area contributed by atoms with Gasteiger partial charge < -0.3 is 0 Å². The van der Waals surface area contributed by atoms with Crippen LogP contribution in [-0.2, 0) is 5.75 Å². The van der Waals surface area contributed by atoms with Crippen molar-refractivity contribution < 1.29 is 0 Å². The van der Waals surface area contributed by atoms with Gasteiger partial charge in [-0.05, 0) is 42.7 Å². The molecule has 0 amide bonds. The summed E-state index contributed by atoms with van der Waals surface area (Å²) in [5.74, 6) is 0.743. The molecule has 0 aliphatic carbocycles. The molecule has 0 aliphatic heterocycles. The molecule has 0 saturated heterocycles. The van der Waals surface area contributed by atoms with E-state index in [0.29, 0.717) is 5.03 Å². The van der Waals surface area contributed by atoms with Crippen molar-refractivity contribution in [3.63, 3.8) is 0 Å². The summed E-state index contributed by atoms with van der Waals surface area (Å²) in [6, 6.07) is 16.1. The number of thioether (sulfide) groups is 1. The molecule has 116 valence electrons. The zero-order valence-electron chi connectivity index (χ0n) is 13.2.